The minimum absolute atomic E-state index is 0.0898. The van der Waals surface area contributed by atoms with Crippen molar-refractivity contribution >= 4 is 11.6 Å². The molecule has 0 saturated heterocycles. The van der Waals surface area contributed by atoms with Crippen molar-refractivity contribution in [3.05, 3.63) is 65.2 Å². The van der Waals surface area contributed by atoms with E-state index in [1.165, 1.54) is 11.1 Å². The first-order valence-corrected chi connectivity index (χ1v) is 7.70. The molecular weight excluding hydrogens is 272 g/mol. The van der Waals surface area contributed by atoms with Gasteiger partial charge in [0.15, 0.2) is 0 Å². The number of carbonyl (C=O) groups excluding carboxylic acids is 1. The highest BCUT2D eigenvalue weighted by Gasteiger charge is 2.28. The summed E-state index contributed by atoms with van der Waals surface area (Å²) in [7, 11) is 5.91. The van der Waals surface area contributed by atoms with Crippen LogP contribution in [0.3, 0.4) is 0 Å². The van der Waals surface area contributed by atoms with Crippen LogP contribution < -0.4 is 4.90 Å². The summed E-state index contributed by atoms with van der Waals surface area (Å²) in [4.78, 5) is 16.7. The molecule has 0 heterocycles. The van der Waals surface area contributed by atoms with Gasteiger partial charge in [-0.25, -0.2) is 0 Å². The maximum atomic E-state index is 12.7. The second-order valence-corrected chi connectivity index (χ2v) is 6.11. The standard InChI is InChI=1S/C19H22N2O/c1-20(2)16-11-8-15(9-12-16)19(22)21(3)18-13-10-14-6-4-5-7-17(14)18/h4-9,11-12,18H,10,13H2,1-3H3. The molecule has 0 bridgehead atoms. The van der Waals surface area contributed by atoms with E-state index in [0.717, 1.165) is 24.1 Å². The lowest BCUT2D eigenvalue weighted by molar-refractivity contribution is 0.0730. The normalized spacial score (nSPS) is 16.2. The lowest BCUT2D eigenvalue weighted by Gasteiger charge is -2.26. The highest BCUT2D eigenvalue weighted by Crippen LogP contribution is 2.35. The zero-order valence-electron chi connectivity index (χ0n) is 13.4. The van der Waals surface area contributed by atoms with Crippen LogP contribution in [-0.2, 0) is 6.42 Å². The highest BCUT2D eigenvalue weighted by molar-refractivity contribution is 5.94. The molecule has 3 rings (SSSR count). The van der Waals surface area contributed by atoms with Crippen molar-refractivity contribution in [1.82, 2.24) is 4.90 Å². The molecule has 1 atom stereocenters. The molecule has 0 spiro atoms. The van der Waals surface area contributed by atoms with Gasteiger partial charge in [0.1, 0.15) is 0 Å². The molecule has 22 heavy (non-hydrogen) atoms. The average molecular weight is 294 g/mol. The molecule has 1 amide bonds. The third-order valence-electron chi connectivity index (χ3n) is 4.52. The van der Waals surface area contributed by atoms with Gasteiger partial charge in [-0.2, -0.15) is 0 Å². The molecule has 0 aliphatic heterocycles. The number of nitrogens with zero attached hydrogens (tertiary/aromatic N) is 2. The summed E-state index contributed by atoms with van der Waals surface area (Å²) in [6, 6.07) is 16.4. The Bertz CT molecular complexity index is 676. The Morgan fingerprint density at radius 3 is 2.36 bits per heavy atom. The van der Waals surface area contributed by atoms with Gasteiger partial charge >= 0.3 is 0 Å². The molecule has 0 fully saturated rings. The number of benzene rings is 2. The number of hydrogen-bond acceptors (Lipinski definition) is 2. The molecule has 2 aromatic rings. The van der Waals surface area contributed by atoms with Crippen LogP contribution in [0.4, 0.5) is 5.69 Å². The molecule has 3 heteroatoms. The lowest BCUT2D eigenvalue weighted by Crippen LogP contribution is -2.30. The fourth-order valence-electron chi connectivity index (χ4n) is 3.18. The van der Waals surface area contributed by atoms with E-state index >= 15 is 0 Å². The van der Waals surface area contributed by atoms with E-state index in [-0.39, 0.29) is 11.9 Å². The summed E-state index contributed by atoms with van der Waals surface area (Å²) in [5, 5.41) is 0. The van der Waals surface area contributed by atoms with E-state index in [0.29, 0.717) is 0 Å². The minimum atomic E-state index is 0.0898. The predicted molar refractivity (Wildman–Crippen MR) is 90.4 cm³/mol. The summed E-state index contributed by atoms with van der Waals surface area (Å²) < 4.78 is 0. The molecular formula is C19H22N2O. The van der Waals surface area contributed by atoms with Gasteiger partial charge in [-0.3, -0.25) is 4.79 Å². The topological polar surface area (TPSA) is 23.6 Å². The van der Waals surface area contributed by atoms with Gasteiger partial charge < -0.3 is 9.80 Å². The molecule has 1 aliphatic carbocycles. The molecule has 1 unspecified atom stereocenters. The van der Waals surface area contributed by atoms with Gasteiger partial charge in [0, 0.05) is 32.4 Å². The maximum absolute atomic E-state index is 12.7. The van der Waals surface area contributed by atoms with E-state index in [4.69, 9.17) is 0 Å². The van der Waals surface area contributed by atoms with Crippen molar-refractivity contribution in [3.63, 3.8) is 0 Å². The Hall–Kier alpha value is -2.29. The molecule has 0 radical (unpaired) electrons. The van der Waals surface area contributed by atoms with Crippen LogP contribution in [0.1, 0.15) is 33.9 Å². The van der Waals surface area contributed by atoms with Gasteiger partial charge in [0.25, 0.3) is 5.91 Å². The average Bonchev–Trinajstić information content (AvgIpc) is 2.97. The second kappa shape index (κ2) is 5.84. The summed E-state index contributed by atoms with van der Waals surface area (Å²) in [6.07, 6.45) is 2.06. The number of anilines is 1. The van der Waals surface area contributed by atoms with Crippen molar-refractivity contribution in [2.45, 2.75) is 18.9 Å². The first kappa shape index (κ1) is 14.6. The number of carbonyl (C=O) groups is 1. The monoisotopic (exact) mass is 294 g/mol. The summed E-state index contributed by atoms with van der Waals surface area (Å²) in [6.45, 7) is 0. The highest BCUT2D eigenvalue weighted by atomic mass is 16.2. The van der Waals surface area contributed by atoms with E-state index < -0.39 is 0 Å². The van der Waals surface area contributed by atoms with Crippen LogP contribution in [-0.4, -0.2) is 32.0 Å². The number of hydrogen-bond donors (Lipinski definition) is 0. The van der Waals surface area contributed by atoms with Crippen LogP contribution in [0.5, 0.6) is 0 Å². The molecule has 0 N–H and O–H groups in total. The summed E-state index contributed by atoms with van der Waals surface area (Å²) >= 11 is 0. The summed E-state index contributed by atoms with van der Waals surface area (Å²) in [5.74, 6) is 0.0898. The smallest absolute Gasteiger partial charge is 0.254 e. The van der Waals surface area contributed by atoms with Crippen molar-refractivity contribution < 1.29 is 4.79 Å². The Labute approximate surface area is 132 Å². The largest absolute Gasteiger partial charge is 0.378 e. The fourth-order valence-corrected chi connectivity index (χ4v) is 3.18. The predicted octanol–water partition coefficient (Wildman–Crippen LogP) is 3.51. The Balaban J connectivity index is 1.81. The van der Waals surface area contributed by atoms with E-state index in [9.17, 15) is 4.79 Å². The molecule has 114 valence electrons. The van der Waals surface area contributed by atoms with Crippen molar-refractivity contribution in [3.8, 4) is 0 Å². The van der Waals surface area contributed by atoms with Gasteiger partial charge in [-0.05, 0) is 48.2 Å². The quantitative estimate of drug-likeness (QED) is 0.865. The van der Waals surface area contributed by atoms with E-state index in [1.54, 1.807) is 0 Å². The lowest BCUT2D eigenvalue weighted by atomic mass is 10.1. The zero-order chi connectivity index (χ0) is 15.7. The van der Waals surface area contributed by atoms with Crippen LogP contribution in [0.15, 0.2) is 48.5 Å². The maximum Gasteiger partial charge on any atom is 0.254 e. The van der Waals surface area contributed by atoms with E-state index in [1.807, 2.05) is 55.2 Å². The number of amides is 1. The van der Waals surface area contributed by atoms with Gasteiger partial charge in [-0.15, -0.1) is 0 Å². The fraction of sp³-hybridized carbons (Fsp3) is 0.316. The molecule has 2 aromatic carbocycles. The Morgan fingerprint density at radius 1 is 1.00 bits per heavy atom. The van der Waals surface area contributed by atoms with Crippen molar-refractivity contribution in [1.29, 1.82) is 0 Å². The van der Waals surface area contributed by atoms with Crippen LogP contribution >= 0.6 is 0 Å². The molecule has 0 aromatic heterocycles. The molecule has 0 saturated carbocycles. The Kier molecular flexibility index (Phi) is 3.88. The van der Waals surface area contributed by atoms with Gasteiger partial charge in [0.2, 0.25) is 0 Å². The van der Waals surface area contributed by atoms with Crippen molar-refractivity contribution in [2.24, 2.45) is 0 Å². The first-order chi connectivity index (χ1) is 10.6. The zero-order valence-corrected chi connectivity index (χ0v) is 13.4. The number of rotatable bonds is 3. The molecule has 3 nitrogen and oxygen atoms in total. The van der Waals surface area contributed by atoms with E-state index in [2.05, 4.69) is 24.3 Å². The van der Waals surface area contributed by atoms with Gasteiger partial charge in [-0.1, -0.05) is 24.3 Å². The third kappa shape index (κ3) is 2.59. The first-order valence-electron chi connectivity index (χ1n) is 7.70. The Morgan fingerprint density at radius 2 is 1.68 bits per heavy atom. The number of fused-ring (bicyclic) bond motifs is 1. The van der Waals surface area contributed by atoms with Crippen LogP contribution in [0.2, 0.25) is 0 Å². The third-order valence-corrected chi connectivity index (χ3v) is 4.52. The SMILES string of the molecule is CN(C)c1ccc(C(=O)N(C)C2CCc3ccccc32)cc1. The van der Waals surface area contributed by atoms with Crippen molar-refractivity contribution in [2.75, 3.05) is 26.0 Å². The van der Waals surface area contributed by atoms with Crippen LogP contribution in [0, 0.1) is 0 Å². The molecule has 1 aliphatic rings. The van der Waals surface area contributed by atoms with Crippen LogP contribution in [0.25, 0.3) is 0 Å². The number of aryl methyl sites for hydroxylation is 1. The second-order valence-electron chi connectivity index (χ2n) is 6.11. The summed E-state index contributed by atoms with van der Waals surface area (Å²) in [5.41, 5.74) is 4.52. The van der Waals surface area contributed by atoms with Gasteiger partial charge in [0.05, 0.1) is 6.04 Å². The minimum Gasteiger partial charge on any atom is -0.378 e.